The molecule has 0 aliphatic heterocycles. The quantitative estimate of drug-likeness (QED) is 0.460. The smallest absolute Gasteiger partial charge is 0 e. The molecule has 0 rings (SSSR count). The van der Waals surface area contributed by atoms with Crippen LogP contribution in [-0.4, -0.2) is 41.6 Å². The molecule has 0 atom stereocenters. The van der Waals surface area contributed by atoms with Gasteiger partial charge in [-0.15, -0.1) is 0 Å². The zero-order chi connectivity index (χ0) is 2.00. The third-order valence-corrected chi connectivity index (χ3v) is 0. The zero-order valence-corrected chi connectivity index (χ0v) is 5.62. The van der Waals surface area contributed by atoms with Gasteiger partial charge in [0.15, 0.2) is 0 Å². The predicted molar refractivity (Wildman–Crippen MR) is 23.1 cm³/mol. The van der Waals surface area contributed by atoms with Crippen LogP contribution in [0.15, 0.2) is 0 Å². The molecule has 0 heterocycles. The average molecular weight is 238 g/mol. The van der Waals surface area contributed by atoms with Crippen molar-refractivity contribution < 1.29 is 30.1 Å². The van der Waals surface area contributed by atoms with Gasteiger partial charge in [-0.2, -0.15) is 0 Å². The fourth-order valence-electron chi connectivity index (χ4n) is 0. The van der Waals surface area contributed by atoms with Gasteiger partial charge in [0, 0.05) is 26.6 Å². The molecule has 0 aliphatic rings. The number of hydrogen-bond acceptors (Lipinski definition) is 1. The summed E-state index contributed by atoms with van der Waals surface area (Å²) in [5.41, 5.74) is 0. The zero-order valence-electron chi connectivity index (χ0n) is 2.65. The van der Waals surface area contributed by atoms with Crippen molar-refractivity contribution in [2.45, 2.75) is 0 Å². The maximum atomic E-state index is 7.00. The van der Waals surface area contributed by atoms with Gasteiger partial charge in [-0.25, -0.2) is 0 Å². The summed E-state index contributed by atoms with van der Waals surface area (Å²) in [5, 5.41) is 7.00. The van der Waals surface area contributed by atoms with Crippen molar-refractivity contribution in [1.29, 1.82) is 0 Å². The van der Waals surface area contributed by atoms with E-state index in [2.05, 4.69) is 0 Å². The van der Waals surface area contributed by atoms with Gasteiger partial charge in [-0.3, -0.25) is 0 Å². The normalized spacial score (nSPS) is 1.20. The van der Waals surface area contributed by atoms with Crippen LogP contribution in [0.2, 0.25) is 0 Å². The second-order valence-electron chi connectivity index (χ2n) is 0. The Bertz CT molecular complexity index is 9.61. The minimum absolute atomic E-state index is 0. The minimum Gasteiger partial charge on any atom is 0 e. The monoisotopic (exact) mass is 238 g/mol. The van der Waals surface area contributed by atoms with Crippen molar-refractivity contribution in [3.63, 3.8) is 0 Å². The predicted octanol–water partition coefficient (Wildman–Crippen LogP) is -2.67. The van der Waals surface area contributed by atoms with E-state index in [0.29, 0.717) is 0 Å². The van der Waals surface area contributed by atoms with Gasteiger partial charge in [0.1, 0.15) is 0 Å². The molecule has 3 N–H and O–H groups in total. The van der Waals surface area contributed by atoms with E-state index in [4.69, 9.17) is 5.11 Å². The van der Waals surface area contributed by atoms with Crippen molar-refractivity contribution in [2.75, 3.05) is 7.11 Å². The third kappa shape index (κ3) is 33.1. The molecule has 0 amide bonds. The maximum Gasteiger partial charge on any atom is 0 e. The number of hydrogen-bond donors (Lipinski definition) is 1. The molecule has 32 valence electrons. The van der Waals surface area contributed by atoms with Gasteiger partial charge in [-0.05, 0) is 0 Å². The Morgan fingerprint density at radius 2 is 1.20 bits per heavy atom. The Kier molecular flexibility index (Phi) is 369. The second kappa shape index (κ2) is 55.9. The van der Waals surface area contributed by atoms with Crippen LogP contribution in [0.1, 0.15) is 0 Å². The van der Waals surface area contributed by atoms with Gasteiger partial charge in [0.05, 0.1) is 0 Å². The Hall–Kier alpha value is 1.34. The summed E-state index contributed by atoms with van der Waals surface area (Å²) in [4.78, 5) is 0. The topological polar surface area (TPSA) is 51.7 Å². The van der Waals surface area contributed by atoms with E-state index in [0.717, 1.165) is 7.11 Å². The summed E-state index contributed by atoms with van der Waals surface area (Å²) in [7, 11) is 1.00. The van der Waals surface area contributed by atoms with Crippen LogP contribution in [0, 0.1) is 0 Å². The van der Waals surface area contributed by atoms with Gasteiger partial charge in [0.2, 0.25) is 0 Å². The molecule has 5 heavy (non-hydrogen) atoms. The van der Waals surface area contributed by atoms with Crippen LogP contribution < -0.4 is 0 Å². The molecule has 0 radical (unpaired) electrons. The first-order valence-corrected chi connectivity index (χ1v) is 0.447. The minimum atomic E-state index is 0. The molecular formula is CH10O2SnZn. The fraction of sp³-hybridized carbons (Fsp3) is 1.00. The summed E-state index contributed by atoms with van der Waals surface area (Å²) < 4.78 is 0. The average Bonchev–Trinajstić information content (AvgIpc) is 1.00. The Morgan fingerprint density at radius 3 is 1.20 bits per heavy atom. The Balaban J connectivity index is -0.00000000167. The number of rotatable bonds is 0. The van der Waals surface area contributed by atoms with Crippen LogP contribution in [0.25, 0.3) is 0 Å². The molecule has 0 fully saturated rings. The van der Waals surface area contributed by atoms with Crippen molar-refractivity contribution >= 4 is 23.9 Å². The summed E-state index contributed by atoms with van der Waals surface area (Å²) in [6.07, 6.45) is 0. The molecule has 0 unspecified atom stereocenters. The van der Waals surface area contributed by atoms with Gasteiger partial charge in [0.25, 0.3) is 0 Å². The van der Waals surface area contributed by atoms with E-state index in [1.54, 1.807) is 0 Å². The van der Waals surface area contributed by atoms with Crippen LogP contribution in [-0.2, 0) is 19.5 Å². The van der Waals surface area contributed by atoms with Crippen molar-refractivity contribution in [1.82, 2.24) is 0 Å². The first-order valence-electron chi connectivity index (χ1n) is 0.447. The molecule has 2 nitrogen and oxygen atoms in total. The van der Waals surface area contributed by atoms with Crippen molar-refractivity contribution in [3.8, 4) is 0 Å². The van der Waals surface area contributed by atoms with Crippen LogP contribution in [0.4, 0.5) is 0 Å². The third-order valence-electron chi connectivity index (χ3n) is 0. The molecule has 4 heteroatoms. The fourth-order valence-corrected chi connectivity index (χ4v) is 0. The van der Waals surface area contributed by atoms with E-state index >= 15 is 0 Å². The van der Waals surface area contributed by atoms with Gasteiger partial charge < -0.3 is 10.6 Å². The Morgan fingerprint density at radius 1 is 1.20 bits per heavy atom. The van der Waals surface area contributed by atoms with Crippen LogP contribution >= 0.6 is 0 Å². The molecule has 0 aromatic carbocycles. The molecule has 0 aromatic heterocycles. The van der Waals surface area contributed by atoms with E-state index in [1.165, 1.54) is 0 Å². The largest absolute Gasteiger partial charge is 0 e. The van der Waals surface area contributed by atoms with Crippen LogP contribution in [0.5, 0.6) is 0 Å². The molecule has 0 aliphatic carbocycles. The van der Waals surface area contributed by atoms with E-state index in [-0.39, 0.29) is 48.9 Å². The van der Waals surface area contributed by atoms with Crippen molar-refractivity contribution in [2.24, 2.45) is 0 Å². The Labute approximate surface area is 61.0 Å². The molecule has 0 spiro atoms. The standard InChI is InChI=1S/CH4O.H2O.Sn.Zn.4H/c1-2;;;;;;;/h2H,1H3;1H2;;;;;;. The second-order valence-corrected chi connectivity index (χ2v) is 0. The SMILES string of the molecule is CO.O.[SnH4].[Zn]. The summed E-state index contributed by atoms with van der Waals surface area (Å²) >= 11 is 0. The number of aliphatic hydroxyl groups excluding tert-OH is 1. The van der Waals surface area contributed by atoms with E-state index < -0.39 is 0 Å². The molecule has 0 saturated heterocycles. The number of aliphatic hydroxyl groups is 1. The molecule has 0 aromatic rings. The summed E-state index contributed by atoms with van der Waals surface area (Å²) in [6.45, 7) is 0. The molecule has 0 bridgehead atoms. The molecular weight excluding hydrogens is 228 g/mol. The van der Waals surface area contributed by atoms with Crippen LogP contribution in [0.3, 0.4) is 0 Å². The van der Waals surface area contributed by atoms with E-state index in [9.17, 15) is 0 Å². The summed E-state index contributed by atoms with van der Waals surface area (Å²) in [5.74, 6) is 0. The van der Waals surface area contributed by atoms with Crippen molar-refractivity contribution in [3.05, 3.63) is 0 Å². The molecule has 0 saturated carbocycles. The van der Waals surface area contributed by atoms with E-state index in [1.807, 2.05) is 0 Å². The first kappa shape index (κ1) is 33.0. The maximum absolute atomic E-state index is 7.00. The van der Waals surface area contributed by atoms with Gasteiger partial charge >= 0.3 is 23.9 Å². The first-order chi connectivity index (χ1) is 1.00. The van der Waals surface area contributed by atoms with Gasteiger partial charge in [-0.1, -0.05) is 0 Å². The summed E-state index contributed by atoms with van der Waals surface area (Å²) in [6, 6.07) is 0.